The van der Waals surface area contributed by atoms with Crippen molar-refractivity contribution in [1.82, 2.24) is 5.32 Å². The maximum absolute atomic E-state index is 13.2. The minimum atomic E-state index is -0.970. The van der Waals surface area contributed by atoms with Crippen LogP contribution in [-0.4, -0.2) is 18.8 Å². The van der Waals surface area contributed by atoms with Crippen LogP contribution in [0.4, 0.5) is 4.39 Å². The summed E-state index contributed by atoms with van der Waals surface area (Å²) in [6.07, 6.45) is 3.02. The van der Waals surface area contributed by atoms with E-state index in [0.29, 0.717) is 5.92 Å². The first kappa shape index (κ1) is 8.98. The van der Waals surface area contributed by atoms with Gasteiger partial charge >= 0.3 is 0 Å². The zero-order valence-electron chi connectivity index (χ0n) is 7.49. The highest BCUT2D eigenvalue weighted by Gasteiger charge is 2.23. The van der Waals surface area contributed by atoms with Crippen molar-refractivity contribution in [2.45, 2.75) is 38.8 Å². The lowest BCUT2D eigenvalue weighted by Crippen LogP contribution is -2.30. The van der Waals surface area contributed by atoms with E-state index in [2.05, 4.69) is 5.32 Å². The molecule has 0 aromatic rings. The molecule has 1 nitrogen and oxygen atoms in total. The van der Waals surface area contributed by atoms with Crippen molar-refractivity contribution in [3.8, 4) is 0 Å². The average Bonchev–Trinajstić information content (AvgIpc) is 1.85. The van der Waals surface area contributed by atoms with Crippen molar-refractivity contribution in [3.63, 3.8) is 0 Å². The van der Waals surface area contributed by atoms with Crippen LogP contribution >= 0.6 is 0 Å². The molecular formula is C9H18FN. The molecule has 0 atom stereocenters. The van der Waals surface area contributed by atoms with E-state index in [9.17, 15) is 4.39 Å². The van der Waals surface area contributed by atoms with Gasteiger partial charge in [0.25, 0.3) is 0 Å². The molecule has 1 fully saturated rings. The fraction of sp³-hybridized carbons (Fsp3) is 1.00. The van der Waals surface area contributed by atoms with E-state index in [1.165, 1.54) is 0 Å². The molecule has 66 valence electrons. The second-order valence-electron chi connectivity index (χ2n) is 4.12. The highest BCUT2D eigenvalue weighted by Crippen LogP contribution is 2.25. The number of rotatable bonds is 2. The molecule has 2 heteroatoms. The molecule has 0 spiro atoms. The molecule has 0 unspecified atom stereocenters. The van der Waals surface area contributed by atoms with Gasteiger partial charge in [-0.2, -0.15) is 0 Å². The topological polar surface area (TPSA) is 12.0 Å². The van der Waals surface area contributed by atoms with Crippen LogP contribution in [-0.2, 0) is 0 Å². The van der Waals surface area contributed by atoms with E-state index in [4.69, 9.17) is 0 Å². The molecule has 1 saturated heterocycles. The van der Waals surface area contributed by atoms with Gasteiger partial charge in [-0.3, -0.25) is 0 Å². The van der Waals surface area contributed by atoms with Gasteiger partial charge in [0.05, 0.1) is 0 Å². The Kier molecular flexibility index (Phi) is 2.88. The smallest absolute Gasteiger partial charge is 0.105 e. The second kappa shape index (κ2) is 3.53. The van der Waals surface area contributed by atoms with E-state index in [1.54, 1.807) is 13.8 Å². The summed E-state index contributed by atoms with van der Waals surface area (Å²) >= 11 is 0. The van der Waals surface area contributed by atoms with Gasteiger partial charge in [0.15, 0.2) is 0 Å². The summed E-state index contributed by atoms with van der Waals surface area (Å²) in [7, 11) is 0. The van der Waals surface area contributed by atoms with Crippen molar-refractivity contribution >= 4 is 0 Å². The quantitative estimate of drug-likeness (QED) is 0.650. The molecule has 1 N–H and O–H groups in total. The molecule has 1 aliphatic heterocycles. The molecule has 1 rings (SSSR count). The number of hydrogen-bond donors (Lipinski definition) is 1. The lowest BCUT2D eigenvalue weighted by Gasteiger charge is -2.26. The standard InChI is InChI=1S/C9H18FN/c1-9(2,10)7-8-3-5-11-6-4-8/h8,11H,3-7H2,1-2H3. The van der Waals surface area contributed by atoms with Gasteiger partial charge in [-0.1, -0.05) is 0 Å². The monoisotopic (exact) mass is 159 g/mol. The highest BCUT2D eigenvalue weighted by molar-refractivity contribution is 4.76. The number of hydrogen-bond acceptors (Lipinski definition) is 1. The zero-order chi connectivity index (χ0) is 8.32. The Morgan fingerprint density at radius 2 is 1.91 bits per heavy atom. The summed E-state index contributed by atoms with van der Waals surface area (Å²) < 4.78 is 13.2. The van der Waals surface area contributed by atoms with E-state index in [1.807, 2.05) is 0 Å². The fourth-order valence-electron chi connectivity index (χ4n) is 1.77. The van der Waals surface area contributed by atoms with Crippen molar-refractivity contribution in [3.05, 3.63) is 0 Å². The van der Waals surface area contributed by atoms with Gasteiger partial charge in [-0.05, 0) is 52.1 Å². The molecular weight excluding hydrogens is 141 g/mol. The van der Waals surface area contributed by atoms with Gasteiger partial charge < -0.3 is 5.32 Å². The summed E-state index contributed by atoms with van der Waals surface area (Å²) in [5.74, 6) is 0.608. The van der Waals surface area contributed by atoms with Crippen molar-refractivity contribution < 1.29 is 4.39 Å². The van der Waals surface area contributed by atoms with E-state index < -0.39 is 5.67 Å². The minimum absolute atomic E-state index is 0.608. The lowest BCUT2D eigenvalue weighted by molar-refractivity contribution is 0.153. The summed E-state index contributed by atoms with van der Waals surface area (Å²) in [5, 5.41) is 3.28. The van der Waals surface area contributed by atoms with Crippen LogP contribution < -0.4 is 5.32 Å². The highest BCUT2D eigenvalue weighted by atomic mass is 19.1. The Morgan fingerprint density at radius 1 is 1.36 bits per heavy atom. The Bertz CT molecular complexity index is 111. The number of piperidine rings is 1. The third-order valence-electron chi connectivity index (χ3n) is 2.23. The van der Waals surface area contributed by atoms with Gasteiger partial charge in [0, 0.05) is 0 Å². The Labute approximate surface area is 68.4 Å². The van der Waals surface area contributed by atoms with Gasteiger partial charge in [-0.15, -0.1) is 0 Å². The van der Waals surface area contributed by atoms with Crippen LogP contribution in [0.15, 0.2) is 0 Å². The first-order chi connectivity index (χ1) is 5.08. The Hall–Kier alpha value is -0.110. The van der Waals surface area contributed by atoms with E-state index in [-0.39, 0.29) is 0 Å². The summed E-state index contributed by atoms with van der Waals surface area (Å²) in [4.78, 5) is 0. The van der Waals surface area contributed by atoms with E-state index >= 15 is 0 Å². The third-order valence-corrected chi connectivity index (χ3v) is 2.23. The number of halogens is 1. The van der Waals surface area contributed by atoms with Crippen LogP contribution in [0.2, 0.25) is 0 Å². The maximum Gasteiger partial charge on any atom is 0.105 e. The second-order valence-corrected chi connectivity index (χ2v) is 4.12. The summed E-state index contributed by atoms with van der Waals surface area (Å²) in [6, 6.07) is 0. The molecule has 1 heterocycles. The predicted molar refractivity (Wildman–Crippen MR) is 45.4 cm³/mol. The van der Waals surface area contributed by atoms with E-state index in [0.717, 1.165) is 32.4 Å². The molecule has 0 aliphatic carbocycles. The van der Waals surface area contributed by atoms with Crippen molar-refractivity contribution in [2.75, 3.05) is 13.1 Å². The molecule has 11 heavy (non-hydrogen) atoms. The Balaban J connectivity index is 2.24. The van der Waals surface area contributed by atoms with Gasteiger partial charge in [-0.25, -0.2) is 4.39 Å². The first-order valence-corrected chi connectivity index (χ1v) is 4.47. The van der Waals surface area contributed by atoms with Crippen LogP contribution in [0, 0.1) is 5.92 Å². The average molecular weight is 159 g/mol. The minimum Gasteiger partial charge on any atom is -0.317 e. The molecule has 0 saturated carbocycles. The van der Waals surface area contributed by atoms with Gasteiger partial charge in [0.2, 0.25) is 0 Å². The molecule has 1 aliphatic rings. The molecule has 0 radical (unpaired) electrons. The van der Waals surface area contributed by atoms with Crippen molar-refractivity contribution in [1.29, 1.82) is 0 Å². The zero-order valence-corrected chi connectivity index (χ0v) is 7.49. The fourth-order valence-corrected chi connectivity index (χ4v) is 1.77. The van der Waals surface area contributed by atoms with Crippen LogP contribution in [0.5, 0.6) is 0 Å². The molecule has 0 amide bonds. The summed E-state index contributed by atoms with van der Waals surface area (Å²) in [6.45, 7) is 5.49. The van der Waals surface area contributed by atoms with Crippen molar-refractivity contribution in [2.24, 2.45) is 5.92 Å². The first-order valence-electron chi connectivity index (χ1n) is 4.47. The van der Waals surface area contributed by atoms with Crippen LogP contribution in [0.1, 0.15) is 33.1 Å². The molecule has 0 aromatic carbocycles. The third kappa shape index (κ3) is 3.71. The number of alkyl halides is 1. The lowest BCUT2D eigenvalue weighted by atomic mass is 9.88. The normalized spacial score (nSPS) is 22.1. The maximum atomic E-state index is 13.2. The number of nitrogens with one attached hydrogen (secondary N) is 1. The summed E-state index contributed by atoms with van der Waals surface area (Å²) in [5.41, 5.74) is -0.970. The predicted octanol–water partition coefficient (Wildman–Crippen LogP) is 2.12. The van der Waals surface area contributed by atoms with Crippen LogP contribution in [0.25, 0.3) is 0 Å². The van der Waals surface area contributed by atoms with Crippen LogP contribution in [0.3, 0.4) is 0 Å². The SMILES string of the molecule is CC(C)(F)CC1CCNCC1. The largest absolute Gasteiger partial charge is 0.317 e. The molecule has 0 aromatic heterocycles. The molecule has 0 bridgehead atoms. The van der Waals surface area contributed by atoms with Gasteiger partial charge in [0.1, 0.15) is 5.67 Å². The Morgan fingerprint density at radius 3 is 2.36 bits per heavy atom.